The van der Waals surface area contributed by atoms with Gasteiger partial charge < -0.3 is 0 Å². The van der Waals surface area contributed by atoms with Gasteiger partial charge >= 0.3 is 0 Å². The Morgan fingerprint density at radius 3 is 2.48 bits per heavy atom. The number of nitriles is 2. The molecule has 0 aromatic carbocycles. The molecule has 0 unspecified atom stereocenters. The van der Waals surface area contributed by atoms with E-state index in [-0.39, 0.29) is 10.4 Å². The van der Waals surface area contributed by atoms with E-state index in [1.165, 1.54) is 18.5 Å². The van der Waals surface area contributed by atoms with Crippen LogP contribution in [-0.2, 0) is 10.0 Å². The lowest BCUT2D eigenvalue weighted by atomic mass is 10.1. The number of rotatable bonds is 5. The molecule has 0 saturated heterocycles. The lowest BCUT2D eigenvalue weighted by molar-refractivity contribution is 0.557. The standard InChI is InChI=1S/C22H16N6O2S/c1-22(7-8-22)27-31(29,30)16-5-6-19(25-13-16)20-18(11-24)17-9-14(10-23)12-26-21(17)28(20)15-3-2-4-15/h2-6,9,12-13,27H,7-8H2,1H3. The van der Waals surface area contributed by atoms with Crippen LogP contribution in [0, 0.1) is 22.7 Å². The Hall–Kier alpha value is -3.79. The van der Waals surface area contributed by atoms with Gasteiger partial charge in [0.25, 0.3) is 0 Å². The summed E-state index contributed by atoms with van der Waals surface area (Å²) in [5.41, 5.74) is 2.58. The molecule has 5 rings (SSSR count). The normalized spacial score (nSPS) is 16.3. The molecule has 9 heteroatoms. The molecule has 0 bridgehead atoms. The number of allylic oxidation sites excluding steroid dienone is 4. The summed E-state index contributed by atoms with van der Waals surface area (Å²) >= 11 is 0. The average Bonchev–Trinajstić information content (AvgIpc) is 3.35. The lowest BCUT2D eigenvalue weighted by Gasteiger charge is -2.15. The van der Waals surface area contributed by atoms with Gasteiger partial charge in [0.2, 0.25) is 10.0 Å². The molecule has 0 amide bonds. The van der Waals surface area contributed by atoms with Crippen LogP contribution >= 0.6 is 0 Å². The molecule has 0 atom stereocenters. The van der Waals surface area contributed by atoms with Crippen molar-refractivity contribution in [2.75, 3.05) is 0 Å². The summed E-state index contributed by atoms with van der Waals surface area (Å²) in [7, 11) is -3.68. The second-order valence-corrected chi connectivity index (χ2v) is 9.56. The van der Waals surface area contributed by atoms with Crippen molar-refractivity contribution in [2.24, 2.45) is 0 Å². The molecule has 2 aliphatic carbocycles. The van der Waals surface area contributed by atoms with E-state index in [0.717, 1.165) is 18.5 Å². The molecule has 0 radical (unpaired) electrons. The minimum Gasteiger partial charge on any atom is -0.291 e. The third kappa shape index (κ3) is 3.12. The van der Waals surface area contributed by atoms with E-state index in [2.05, 4.69) is 20.8 Å². The largest absolute Gasteiger partial charge is 0.291 e. The summed E-state index contributed by atoms with van der Waals surface area (Å²) in [6.45, 7) is 1.87. The smallest absolute Gasteiger partial charge is 0.242 e. The van der Waals surface area contributed by atoms with E-state index < -0.39 is 10.0 Å². The zero-order chi connectivity index (χ0) is 21.8. The summed E-state index contributed by atoms with van der Waals surface area (Å²) < 4.78 is 29.8. The maximum absolute atomic E-state index is 12.6. The van der Waals surface area contributed by atoms with Gasteiger partial charge in [-0.2, -0.15) is 10.5 Å². The van der Waals surface area contributed by atoms with Gasteiger partial charge in [0, 0.05) is 29.0 Å². The molecular weight excluding hydrogens is 412 g/mol. The monoisotopic (exact) mass is 428 g/mol. The van der Waals surface area contributed by atoms with Crippen LogP contribution < -0.4 is 4.72 Å². The van der Waals surface area contributed by atoms with E-state index in [1.807, 2.05) is 31.2 Å². The van der Waals surface area contributed by atoms with Gasteiger partial charge in [0.15, 0.2) is 0 Å². The van der Waals surface area contributed by atoms with Crippen molar-refractivity contribution in [3.8, 4) is 23.5 Å². The highest BCUT2D eigenvalue weighted by atomic mass is 32.2. The van der Waals surface area contributed by atoms with Crippen molar-refractivity contribution in [1.29, 1.82) is 10.5 Å². The van der Waals surface area contributed by atoms with Crippen molar-refractivity contribution in [3.05, 3.63) is 59.9 Å². The molecular formula is C22H16N6O2S. The molecule has 8 nitrogen and oxygen atoms in total. The molecule has 1 saturated carbocycles. The van der Waals surface area contributed by atoms with Crippen molar-refractivity contribution in [2.45, 2.75) is 30.2 Å². The maximum atomic E-state index is 12.6. The minimum atomic E-state index is -3.68. The van der Waals surface area contributed by atoms with Crippen molar-refractivity contribution >= 4 is 26.8 Å². The first-order valence-electron chi connectivity index (χ1n) is 9.59. The first kappa shape index (κ1) is 19.2. The Morgan fingerprint density at radius 1 is 1.16 bits per heavy atom. The fraction of sp³-hybridized carbons (Fsp3) is 0.182. The molecule has 3 aromatic rings. The molecule has 1 fully saturated rings. The van der Waals surface area contributed by atoms with E-state index in [9.17, 15) is 18.9 Å². The highest BCUT2D eigenvalue weighted by Crippen LogP contribution is 2.37. The average molecular weight is 428 g/mol. The van der Waals surface area contributed by atoms with E-state index in [0.29, 0.717) is 33.5 Å². The second-order valence-electron chi connectivity index (χ2n) is 7.87. The molecule has 3 heterocycles. The van der Waals surface area contributed by atoms with Crippen molar-refractivity contribution < 1.29 is 8.42 Å². The molecule has 0 aliphatic heterocycles. The molecule has 1 N–H and O–H groups in total. The fourth-order valence-corrected chi connectivity index (χ4v) is 4.93. The first-order valence-corrected chi connectivity index (χ1v) is 11.1. The van der Waals surface area contributed by atoms with Gasteiger partial charge in [0.1, 0.15) is 22.7 Å². The van der Waals surface area contributed by atoms with Crippen LogP contribution in [0.15, 0.2) is 53.7 Å². The molecule has 3 aromatic heterocycles. The van der Waals surface area contributed by atoms with Crippen molar-refractivity contribution in [1.82, 2.24) is 19.3 Å². The third-order valence-electron chi connectivity index (χ3n) is 5.51. The second kappa shape index (κ2) is 6.61. The van der Waals surface area contributed by atoms with E-state index >= 15 is 0 Å². The first-order chi connectivity index (χ1) is 14.8. The third-order valence-corrected chi connectivity index (χ3v) is 7.13. The van der Waals surface area contributed by atoms with E-state index in [4.69, 9.17) is 0 Å². The summed E-state index contributed by atoms with van der Waals surface area (Å²) in [5.74, 6) is 0. The Bertz CT molecular complexity index is 1490. The lowest BCUT2D eigenvalue weighted by Crippen LogP contribution is -2.34. The van der Waals surface area contributed by atoms with Gasteiger partial charge in [-0.25, -0.2) is 18.1 Å². The van der Waals surface area contributed by atoms with Crippen LogP contribution in [0.25, 0.3) is 28.1 Å². The number of nitrogens with zero attached hydrogens (tertiary/aromatic N) is 5. The Balaban J connectivity index is 1.66. The van der Waals surface area contributed by atoms with Crippen LogP contribution in [0.3, 0.4) is 0 Å². The number of fused-ring (bicyclic) bond motifs is 1. The van der Waals surface area contributed by atoms with Crippen LogP contribution in [0.5, 0.6) is 0 Å². The topological polar surface area (TPSA) is 124 Å². The predicted molar refractivity (Wildman–Crippen MR) is 114 cm³/mol. The number of aromatic nitrogens is 3. The highest BCUT2D eigenvalue weighted by molar-refractivity contribution is 7.89. The van der Waals surface area contributed by atoms with Gasteiger partial charge in [0.05, 0.1) is 22.5 Å². The van der Waals surface area contributed by atoms with Crippen molar-refractivity contribution in [3.63, 3.8) is 0 Å². The summed E-state index contributed by atoms with van der Waals surface area (Å²) in [5, 5.41) is 19.7. The summed E-state index contributed by atoms with van der Waals surface area (Å²) in [6, 6.07) is 8.95. The number of nitrogens with one attached hydrogen (secondary N) is 1. The van der Waals surface area contributed by atoms with Gasteiger partial charge in [-0.05, 0) is 50.1 Å². The quantitative estimate of drug-likeness (QED) is 0.666. The van der Waals surface area contributed by atoms with Crippen LogP contribution in [0.4, 0.5) is 0 Å². The van der Waals surface area contributed by atoms with E-state index in [1.54, 1.807) is 16.7 Å². The number of pyridine rings is 2. The SMILES string of the molecule is CC1(NS(=O)(=O)c2ccc(-c3c(C#N)c4cc(C#N)cnc4n3C3=CC=C3)nc2)CC1. The molecule has 152 valence electrons. The number of hydrogen-bond acceptors (Lipinski definition) is 6. The fourth-order valence-electron chi connectivity index (χ4n) is 3.52. The van der Waals surface area contributed by atoms with Crippen LogP contribution in [0.1, 0.15) is 30.9 Å². The zero-order valence-corrected chi connectivity index (χ0v) is 17.3. The summed E-state index contributed by atoms with van der Waals surface area (Å²) in [4.78, 5) is 8.84. The Kier molecular flexibility index (Phi) is 4.09. The van der Waals surface area contributed by atoms with Crippen LogP contribution in [0.2, 0.25) is 0 Å². The Labute approximate surface area is 178 Å². The van der Waals surface area contributed by atoms with Gasteiger partial charge in [-0.1, -0.05) is 6.08 Å². The van der Waals surface area contributed by atoms with Gasteiger partial charge in [-0.15, -0.1) is 0 Å². The molecule has 2 aliphatic rings. The molecule has 31 heavy (non-hydrogen) atoms. The minimum absolute atomic E-state index is 0.0678. The van der Waals surface area contributed by atoms with Gasteiger partial charge in [-0.3, -0.25) is 9.55 Å². The molecule has 0 spiro atoms. The Morgan fingerprint density at radius 2 is 1.94 bits per heavy atom. The number of hydrogen-bond donors (Lipinski definition) is 1. The predicted octanol–water partition coefficient (Wildman–Crippen LogP) is 3.08. The highest BCUT2D eigenvalue weighted by Gasteiger charge is 2.41. The zero-order valence-electron chi connectivity index (χ0n) is 16.5. The maximum Gasteiger partial charge on any atom is 0.242 e. The van der Waals surface area contributed by atoms with Crippen LogP contribution in [-0.4, -0.2) is 28.5 Å². The summed E-state index contributed by atoms with van der Waals surface area (Å²) in [6.07, 6.45) is 10.00. The number of sulfonamides is 1.